The molecule has 3 aromatic carbocycles. The van der Waals surface area contributed by atoms with Crippen molar-refractivity contribution < 1.29 is 31.1 Å². The molecule has 8 nitrogen and oxygen atoms in total. The molecule has 1 fully saturated rings. The number of allylic oxidation sites excluding steroid dienone is 1. The van der Waals surface area contributed by atoms with Gasteiger partial charge < -0.3 is 14.2 Å². The minimum atomic E-state index is -4.19. The van der Waals surface area contributed by atoms with E-state index >= 15 is 0 Å². The van der Waals surface area contributed by atoms with Crippen LogP contribution in [0.5, 0.6) is 0 Å². The molecule has 1 aliphatic heterocycles. The van der Waals surface area contributed by atoms with Gasteiger partial charge in [0.25, 0.3) is 11.5 Å². The lowest BCUT2D eigenvalue weighted by atomic mass is 9.87. The Balaban J connectivity index is 0.000000303. The van der Waals surface area contributed by atoms with Gasteiger partial charge in [-0.05, 0) is 67.4 Å². The second-order valence-corrected chi connectivity index (χ2v) is 14.3. The highest BCUT2D eigenvalue weighted by Gasteiger charge is 2.29. The number of nitriles is 1. The van der Waals surface area contributed by atoms with Crippen LogP contribution in [0.3, 0.4) is 0 Å². The number of carbonyl (C=O) groups is 1. The number of amides is 1. The summed E-state index contributed by atoms with van der Waals surface area (Å²) in [6, 6.07) is 28.7. The molecule has 13 heteroatoms. The third-order valence-electron chi connectivity index (χ3n) is 8.01. The van der Waals surface area contributed by atoms with E-state index in [1.807, 2.05) is 73.7 Å². The number of halogens is 4. The Morgan fingerprint density at radius 2 is 1.55 bits per heavy atom. The number of carbonyl (C=O) groups excluding carboxylic acids is 1. The maximum absolute atomic E-state index is 13.7. The summed E-state index contributed by atoms with van der Waals surface area (Å²) in [6.07, 6.45) is -3.08. The van der Waals surface area contributed by atoms with Gasteiger partial charge in [-0.15, -0.1) is 0 Å². The van der Waals surface area contributed by atoms with E-state index in [1.165, 1.54) is 12.1 Å². The molecule has 51 heavy (non-hydrogen) atoms. The van der Waals surface area contributed by atoms with Crippen molar-refractivity contribution in [1.29, 1.82) is 5.26 Å². The number of morpholine rings is 1. The molecule has 1 amide bonds. The van der Waals surface area contributed by atoms with Crippen molar-refractivity contribution in [1.82, 2.24) is 9.47 Å². The van der Waals surface area contributed by atoms with Gasteiger partial charge in [0.1, 0.15) is 5.56 Å². The van der Waals surface area contributed by atoms with Crippen LogP contribution in [0.2, 0.25) is 5.02 Å². The topological polar surface area (TPSA) is 109 Å². The van der Waals surface area contributed by atoms with E-state index in [4.69, 9.17) is 21.6 Å². The molecule has 0 saturated carbocycles. The number of nitrogens with zero attached hydrogens (tertiary/aromatic N) is 3. The third kappa shape index (κ3) is 11.4. The molecule has 1 aromatic heterocycles. The number of alkyl halides is 3. The first-order valence-electron chi connectivity index (χ1n) is 15.8. The van der Waals surface area contributed by atoms with Gasteiger partial charge in [0.2, 0.25) is 0 Å². The van der Waals surface area contributed by atoms with Crippen LogP contribution in [-0.4, -0.2) is 62.5 Å². The zero-order chi connectivity index (χ0) is 37.9. The average molecular weight is 742 g/mol. The summed E-state index contributed by atoms with van der Waals surface area (Å²) < 4.78 is 62.3. The largest absolute Gasteiger partial charge is 0.411 e. The first-order chi connectivity index (χ1) is 23.9. The van der Waals surface area contributed by atoms with E-state index in [9.17, 15) is 31.2 Å². The monoisotopic (exact) mass is 741 g/mol. The predicted molar refractivity (Wildman–Crippen MR) is 192 cm³/mol. The van der Waals surface area contributed by atoms with E-state index < -0.39 is 21.6 Å². The fourth-order valence-electron chi connectivity index (χ4n) is 5.15. The molecule has 0 spiro atoms. The molecule has 5 rings (SSSR count). The summed E-state index contributed by atoms with van der Waals surface area (Å²) in [5.74, 6) is -0.266. The van der Waals surface area contributed by atoms with Crippen LogP contribution in [0.25, 0.3) is 0 Å². The number of aryl methyl sites for hydroxylation is 1. The molecule has 0 radical (unpaired) electrons. The minimum absolute atomic E-state index is 0.0280. The standard InChI is InChI=1S/C26H27ClN2O3.C8H7NO2S.C4H5F3/c1-18-8-13-23(25(30)28-14-16-32-17-15-28)26(31)29(18)24(21-6-4-3-5-7-21)19(2)20-9-11-22(27)12-10-20;1-12(10,11)8-4-2-3-7(5-8)6-9;1-3(2)4(5,6)7/h3-13,19,24H,14-17H2,1-2H3;2-5H,1H3;1H2,2H3/t19-,24-;;/m1../s1. The van der Waals surface area contributed by atoms with E-state index in [0.29, 0.717) is 36.9 Å². The molecule has 0 aliphatic carbocycles. The van der Waals surface area contributed by atoms with E-state index in [0.717, 1.165) is 30.0 Å². The Labute approximate surface area is 301 Å². The predicted octanol–water partition coefficient (Wildman–Crippen LogP) is 7.76. The highest BCUT2D eigenvalue weighted by molar-refractivity contribution is 7.90. The number of rotatable bonds is 6. The molecule has 2 atom stereocenters. The highest BCUT2D eigenvalue weighted by atomic mass is 35.5. The lowest BCUT2D eigenvalue weighted by Crippen LogP contribution is -2.44. The van der Waals surface area contributed by atoms with Crippen molar-refractivity contribution >= 4 is 27.3 Å². The molecule has 270 valence electrons. The molecular weight excluding hydrogens is 703 g/mol. The zero-order valence-corrected chi connectivity index (χ0v) is 30.2. The first kappa shape index (κ1) is 40.7. The molecule has 0 N–H and O–H groups in total. The van der Waals surface area contributed by atoms with Crippen LogP contribution in [-0.2, 0) is 14.6 Å². The zero-order valence-electron chi connectivity index (χ0n) is 28.7. The lowest BCUT2D eigenvalue weighted by molar-refractivity contribution is -0.0909. The molecule has 1 saturated heterocycles. The van der Waals surface area contributed by atoms with Crippen molar-refractivity contribution in [3.8, 4) is 6.07 Å². The second kappa shape index (κ2) is 18.0. The number of hydrogen-bond donors (Lipinski definition) is 0. The smallest absolute Gasteiger partial charge is 0.378 e. The van der Waals surface area contributed by atoms with Gasteiger partial charge in [-0.3, -0.25) is 9.59 Å². The van der Waals surface area contributed by atoms with Crippen LogP contribution >= 0.6 is 11.6 Å². The minimum Gasteiger partial charge on any atom is -0.378 e. The fourth-order valence-corrected chi connectivity index (χ4v) is 5.94. The van der Waals surface area contributed by atoms with Crippen LogP contribution in [0.4, 0.5) is 13.2 Å². The average Bonchev–Trinajstić information content (AvgIpc) is 3.10. The molecule has 2 heterocycles. The maximum Gasteiger partial charge on any atom is 0.411 e. The number of sulfone groups is 1. The van der Waals surface area contributed by atoms with Crippen LogP contribution < -0.4 is 5.56 Å². The molecule has 0 unspecified atom stereocenters. The summed E-state index contributed by atoms with van der Waals surface area (Å²) in [5, 5.41) is 9.15. The van der Waals surface area contributed by atoms with Gasteiger partial charge in [-0.25, -0.2) is 8.42 Å². The van der Waals surface area contributed by atoms with Crippen molar-refractivity contribution in [2.24, 2.45) is 0 Å². The Hall–Kier alpha value is -4.70. The Morgan fingerprint density at radius 1 is 0.961 bits per heavy atom. The highest BCUT2D eigenvalue weighted by Crippen LogP contribution is 2.34. The Morgan fingerprint density at radius 3 is 2.08 bits per heavy atom. The number of pyridine rings is 1. The Kier molecular flexibility index (Phi) is 14.4. The summed E-state index contributed by atoms with van der Waals surface area (Å²) in [6.45, 7) is 9.62. The van der Waals surface area contributed by atoms with Crippen molar-refractivity contribution in [3.63, 3.8) is 0 Å². The summed E-state index contributed by atoms with van der Waals surface area (Å²) in [5.41, 5.74) is 2.42. The van der Waals surface area contributed by atoms with Crippen molar-refractivity contribution in [2.45, 2.75) is 43.8 Å². The normalized spacial score (nSPS) is 14.1. The molecule has 4 aromatic rings. The van der Waals surface area contributed by atoms with Crippen LogP contribution in [0.1, 0.15) is 58.5 Å². The third-order valence-corrected chi connectivity index (χ3v) is 9.38. The van der Waals surface area contributed by atoms with Crippen molar-refractivity contribution in [3.05, 3.63) is 146 Å². The summed E-state index contributed by atoms with van der Waals surface area (Å²) in [4.78, 5) is 28.8. The molecule has 1 aliphatic rings. The first-order valence-corrected chi connectivity index (χ1v) is 18.0. The SMILES string of the molecule is C=C(C)C(F)(F)F.CS(=O)(=O)c1cccc(C#N)c1.Cc1ccc(C(=O)N2CCOCC2)c(=O)n1[C@@H](c1ccccc1)[C@H](C)c1ccc(Cl)cc1. The van der Waals surface area contributed by atoms with E-state index in [-0.39, 0.29) is 33.9 Å². The summed E-state index contributed by atoms with van der Waals surface area (Å²) in [7, 11) is -3.19. The maximum atomic E-state index is 13.7. The lowest BCUT2D eigenvalue weighted by Gasteiger charge is -2.30. The summed E-state index contributed by atoms with van der Waals surface area (Å²) >= 11 is 6.10. The van der Waals surface area contributed by atoms with E-state index in [2.05, 4.69) is 13.5 Å². The van der Waals surface area contributed by atoms with Gasteiger partial charge in [0, 0.05) is 41.6 Å². The Bertz CT molecular complexity index is 2020. The fraction of sp³-hybridized carbons (Fsp3) is 0.289. The van der Waals surface area contributed by atoms with Crippen LogP contribution in [0.15, 0.2) is 113 Å². The number of aromatic nitrogens is 1. The van der Waals surface area contributed by atoms with Gasteiger partial charge >= 0.3 is 6.18 Å². The molecule has 0 bridgehead atoms. The van der Waals surface area contributed by atoms with Gasteiger partial charge in [0.15, 0.2) is 9.84 Å². The van der Waals surface area contributed by atoms with Gasteiger partial charge in [-0.1, -0.05) is 73.6 Å². The van der Waals surface area contributed by atoms with E-state index in [1.54, 1.807) is 27.7 Å². The van der Waals surface area contributed by atoms with Crippen LogP contribution in [0, 0.1) is 18.3 Å². The van der Waals surface area contributed by atoms with Crippen molar-refractivity contribution in [2.75, 3.05) is 32.6 Å². The van der Waals surface area contributed by atoms with Gasteiger partial charge in [0.05, 0.1) is 35.8 Å². The van der Waals surface area contributed by atoms with Gasteiger partial charge in [-0.2, -0.15) is 18.4 Å². The number of benzene rings is 3. The number of ether oxygens (including phenoxy) is 1. The second-order valence-electron chi connectivity index (χ2n) is 11.9. The molecular formula is C38H39ClF3N3O5S. The quantitative estimate of drug-likeness (QED) is 0.187. The number of hydrogen-bond acceptors (Lipinski definition) is 6.